The first-order valence-corrected chi connectivity index (χ1v) is 7.50. The normalized spacial score (nSPS) is 13.0. The Morgan fingerprint density at radius 1 is 1.42 bits per heavy atom. The zero-order valence-corrected chi connectivity index (χ0v) is 12.1. The predicted molar refractivity (Wildman–Crippen MR) is 70.1 cm³/mol. The molecule has 0 aliphatic heterocycles. The molecule has 0 saturated heterocycles. The average Bonchev–Trinajstić information content (AvgIpc) is 2.35. The van der Waals surface area contributed by atoms with Gasteiger partial charge in [-0.3, -0.25) is 4.79 Å². The highest BCUT2D eigenvalue weighted by atomic mass is 35.5. The molecule has 0 spiro atoms. The molecule has 1 heterocycles. The van der Waals surface area contributed by atoms with Gasteiger partial charge < -0.3 is 5.32 Å². The Morgan fingerprint density at radius 3 is 2.53 bits per heavy atom. The summed E-state index contributed by atoms with van der Waals surface area (Å²) in [5.41, 5.74) is 0. The third-order valence-corrected chi connectivity index (χ3v) is 3.87. The van der Waals surface area contributed by atoms with Crippen molar-refractivity contribution in [3.63, 3.8) is 0 Å². The molecule has 1 rings (SSSR count). The van der Waals surface area contributed by atoms with Crippen molar-refractivity contribution in [2.24, 2.45) is 0 Å². The summed E-state index contributed by atoms with van der Waals surface area (Å²) in [5, 5.41) is 2.55. The van der Waals surface area contributed by atoms with E-state index >= 15 is 0 Å². The summed E-state index contributed by atoms with van der Waals surface area (Å²) in [6, 6.07) is -0.882. The maximum Gasteiger partial charge on any atom is 0.244 e. The molecule has 0 saturated carbocycles. The highest BCUT2D eigenvalue weighted by Gasteiger charge is 2.22. The van der Waals surface area contributed by atoms with E-state index < -0.39 is 16.1 Å². The maximum absolute atomic E-state index is 11.9. The van der Waals surface area contributed by atoms with E-state index in [1.807, 2.05) is 6.92 Å². The van der Waals surface area contributed by atoms with Gasteiger partial charge in [0.1, 0.15) is 4.90 Å². The fourth-order valence-electron chi connectivity index (χ4n) is 1.19. The number of nitrogens with zero attached hydrogens (tertiary/aromatic N) is 2. The van der Waals surface area contributed by atoms with Crippen LogP contribution in [0.2, 0.25) is 5.28 Å². The number of sulfonamides is 1. The Kier molecular flexibility index (Phi) is 5.64. The summed E-state index contributed by atoms with van der Waals surface area (Å²) in [6.07, 6.45) is 2.93. The number of hydrogen-bond donors (Lipinski definition) is 2. The van der Waals surface area contributed by atoms with Crippen molar-refractivity contribution < 1.29 is 13.2 Å². The van der Waals surface area contributed by atoms with Crippen molar-refractivity contribution in [2.45, 2.75) is 31.2 Å². The molecule has 7 nitrogen and oxygen atoms in total. The summed E-state index contributed by atoms with van der Waals surface area (Å²) in [5.74, 6) is -0.389. The van der Waals surface area contributed by atoms with Crippen molar-refractivity contribution in [1.82, 2.24) is 20.0 Å². The molecule has 0 radical (unpaired) electrons. The Hall–Kier alpha value is -1.25. The quantitative estimate of drug-likeness (QED) is 0.737. The minimum Gasteiger partial charge on any atom is -0.355 e. The number of halogens is 1. The molecule has 0 aromatic carbocycles. The molecule has 0 aliphatic carbocycles. The van der Waals surface area contributed by atoms with Crippen molar-refractivity contribution in [3.05, 3.63) is 17.7 Å². The predicted octanol–water partition coefficient (Wildman–Crippen LogP) is 0.323. The van der Waals surface area contributed by atoms with Crippen LogP contribution in [0.1, 0.15) is 20.3 Å². The smallest absolute Gasteiger partial charge is 0.244 e. The highest BCUT2D eigenvalue weighted by Crippen LogP contribution is 2.08. The van der Waals surface area contributed by atoms with E-state index in [0.717, 1.165) is 18.8 Å². The first-order chi connectivity index (χ1) is 8.86. The number of carbonyl (C=O) groups excluding carboxylic acids is 1. The summed E-state index contributed by atoms with van der Waals surface area (Å²) in [6.45, 7) is 3.86. The van der Waals surface area contributed by atoms with Gasteiger partial charge >= 0.3 is 0 Å². The molecule has 0 fully saturated rings. The van der Waals surface area contributed by atoms with E-state index in [-0.39, 0.29) is 16.1 Å². The van der Waals surface area contributed by atoms with E-state index in [9.17, 15) is 13.2 Å². The highest BCUT2D eigenvalue weighted by molar-refractivity contribution is 7.89. The van der Waals surface area contributed by atoms with Gasteiger partial charge in [0.15, 0.2) is 0 Å². The van der Waals surface area contributed by atoms with Gasteiger partial charge in [0.25, 0.3) is 0 Å². The maximum atomic E-state index is 11.9. The minimum absolute atomic E-state index is 0.0484. The van der Waals surface area contributed by atoms with Gasteiger partial charge in [0, 0.05) is 6.54 Å². The van der Waals surface area contributed by atoms with E-state index in [4.69, 9.17) is 11.6 Å². The molecular formula is C10H15ClN4O3S. The number of carbonyl (C=O) groups is 1. The lowest BCUT2D eigenvalue weighted by atomic mass is 10.3. The van der Waals surface area contributed by atoms with Crippen LogP contribution in [0.4, 0.5) is 0 Å². The van der Waals surface area contributed by atoms with Crippen LogP contribution in [0, 0.1) is 0 Å². The molecule has 0 bridgehead atoms. The van der Waals surface area contributed by atoms with Gasteiger partial charge in [-0.1, -0.05) is 6.92 Å². The Morgan fingerprint density at radius 2 is 2.00 bits per heavy atom. The van der Waals surface area contributed by atoms with Crippen LogP contribution in [0.5, 0.6) is 0 Å². The topological polar surface area (TPSA) is 101 Å². The van der Waals surface area contributed by atoms with E-state index in [0.29, 0.717) is 6.54 Å². The van der Waals surface area contributed by atoms with Crippen molar-refractivity contribution in [1.29, 1.82) is 0 Å². The molecular weight excluding hydrogens is 292 g/mol. The first-order valence-electron chi connectivity index (χ1n) is 5.64. The van der Waals surface area contributed by atoms with Crippen LogP contribution < -0.4 is 10.0 Å². The molecule has 1 aromatic rings. The van der Waals surface area contributed by atoms with E-state index in [2.05, 4.69) is 20.0 Å². The molecule has 0 aliphatic rings. The number of amides is 1. The lowest BCUT2D eigenvalue weighted by Crippen LogP contribution is -2.44. The second-order valence-electron chi connectivity index (χ2n) is 3.82. The molecule has 106 valence electrons. The zero-order valence-electron chi connectivity index (χ0n) is 10.6. The van der Waals surface area contributed by atoms with Gasteiger partial charge in [-0.2, -0.15) is 4.72 Å². The second-order valence-corrected chi connectivity index (χ2v) is 5.87. The second kappa shape index (κ2) is 6.78. The monoisotopic (exact) mass is 306 g/mol. The van der Waals surface area contributed by atoms with Gasteiger partial charge in [0.2, 0.25) is 21.2 Å². The number of rotatable bonds is 6. The summed E-state index contributed by atoms with van der Waals surface area (Å²) in [4.78, 5) is 18.6. The summed E-state index contributed by atoms with van der Waals surface area (Å²) < 4.78 is 26.1. The standard InChI is InChI=1S/C10H15ClN4O3S/c1-3-4-12-9(16)7(2)15-19(17,18)8-5-13-10(11)14-6-8/h5-7,15H,3-4H2,1-2H3,(H,12,16). The number of nitrogens with one attached hydrogen (secondary N) is 2. The molecule has 1 amide bonds. The molecule has 1 atom stereocenters. The summed E-state index contributed by atoms with van der Waals surface area (Å²) >= 11 is 5.47. The minimum atomic E-state index is -3.84. The van der Waals surface area contributed by atoms with E-state index in [1.165, 1.54) is 6.92 Å². The van der Waals surface area contributed by atoms with Crippen molar-refractivity contribution in [2.75, 3.05) is 6.54 Å². The average molecular weight is 307 g/mol. The van der Waals surface area contributed by atoms with Gasteiger partial charge in [-0.15, -0.1) is 0 Å². The van der Waals surface area contributed by atoms with Crippen LogP contribution in [-0.2, 0) is 14.8 Å². The van der Waals surface area contributed by atoms with Crippen molar-refractivity contribution >= 4 is 27.5 Å². The Bertz CT molecular complexity index is 532. The Balaban J connectivity index is 2.74. The largest absolute Gasteiger partial charge is 0.355 e. The van der Waals surface area contributed by atoms with E-state index in [1.54, 1.807) is 0 Å². The molecule has 19 heavy (non-hydrogen) atoms. The lowest BCUT2D eigenvalue weighted by molar-refractivity contribution is -0.122. The van der Waals surface area contributed by atoms with Crippen LogP contribution in [-0.4, -0.2) is 36.9 Å². The Labute approximate surface area is 116 Å². The van der Waals surface area contributed by atoms with Crippen LogP contribution in [0.3, 0.4) is 0 Å². The number of hydrogen-bond acceptors (Lipinski definition) is 5. The van der Waals surface area contributed by atoms with Crippen molar-refractivity contribution in [3.8, 4) is 0 Å². The SMILES string of the molecule is CCCNC(=O)C(C)NS(=O)(=O)c1cnc(Cl)nc1. The van der Waals surface area contributed by atoms with Crippen LogP contribution >= 0.6 is 11.6 Å². The zero-order chi connectivity index (χ0) is 14.5. The third-order valence-electron chi connectivity index (χ3n) is 2.18. The van der Waals surface area contributed by atoms with Gasteiger partial charge in [-0.05, 0) is 24.9 Å². The molecule has 1 unspecified atom stereocenters. The molecule has 2 N–H and O–H groups in total. The van der Waals surface area contributed by atoms with Crippen LogP contribution in [0.15, 0.2) is 17.3 Å². The fraction of sp³-hybridized carbons (Fsp3) is 0.500. The molecule has 9 heteroatoms. The first kappa shape index (κ1) is 15.8. The fourth-order valence-corrected chi connectivity index (χ4v) is 2.38. The van der Waals surface area contributed by atoms with Gasteiger partial charge in [0.05, 0.1) is 18.4 Å². The van der Waals surface area contributed by atoms with Gasteiger partial charge in [-0.25, -0.2) is 18.4 Å². The third kappa shape index (κ3) is 4.73. The lowest BCUT2D eigenvalue weighted by Gasteiger charge is -2.13. The van der Waals surface area contributed by atoms with Crippen LogP contribution in [0.25, 0.3) is 0 Å². The summed E-state index contributed by atoms with van der Waals surface area (Å²) in [7, 11) is -3.84. The molecule has 1 aromatic heterocycles. The number of aromatic nitrogens is 2.